The number of aryl methyl sites for hydroxylation is 1. The Morgan fingerprint density at radius 2 is 1.81 bits per heavy atom. The van der Waals surface area contributed by atoms with Gasteiger partial charge in [0.05, 0.1) is 11.3 Å². The highest BCUT2D eigenvalue weighted by atomic mass is 19.4. The van der Waals surface area contributed by atoms with E-state index < -0.39 is 11.7 Å². The van der Waals surface area contributed by atoms with Gasteiger partial charge in [-0.1, -0.05) is 13.8 Å². The lowest BCUT2D eigenvalue weighted by molar-refractivity contribution is -0.138. The SMILES string of the molecule is CC.Cc1cnc(C2CC2)c(C(F)(F)F)c1. The van der Waals surface area contributed by atoms with Crippen LogP contribution in [0, 0.1) is 6.92 Å². The van der Waals surface area contributed by atoms with Crippen LogP contribution in [-0.4, -0.2) is 4.98 Å². The van der Waals surface area contributed by atoms with Crippen molar-refractivity contribution >= 4 is 0 Å². The molecular formula is C12H16F3N. The number of nitrogens with zero attached hydrogens (tertiary/aromatic N) is 1. The van der Waals surface area contributed by atoms with E-state index in [1.54, 1.807) is 6.92 Å². The highest BCUT2D eigenvalue weighted by molar-refractivity contribution is 5.32. The second-order valence-corrected chi connectivity index (χ2v) is 3.72. The predicted molar refractivity (Wildman–Crippen MR) is 57.3 cm³/mol. The number of alkyl halides is 3. The summed E-state index contributed by atoms with van der Waals surface area (Å²) in [5.41, 5.74) is 0.227. The van der Waals surface area contributed by atoms with Gasteiger partial charge in [-0.2, -0.15) is 13.2 Å². The van der Waals surface area contributed by atoms with Gasteiger partial charge in [0.15, 0.2) is 0 Å². The quantitative estimate of drug-likeness (QED) is 0.701. The maximum Gasteiger partial charge on any atom is 0.418 e. The lowest BCUT2D eigenvalue weighted by Crippen LogP contribution is -2.10. The predicted octanol–water partition coefficient (Wildman–Crippen LogP) is 4.31. The molecule has 1 nitrogen and oxygen atoms in total. The van der Waals surface area contributed by atoms with E-state index in [1.165, 1.54) is 12.3 Å². The van der Waals surface area contributed by atoms with Gasteiger partial charge in [0.2, 0.25) is 0 Å². The molecule has 90 valence electrons. The van der Waals surface area contributed by atoms with Gasteiger partial charge >= 0.3 is 6.18 Å². The van der Waals surface area contributed by atoms with Crippen molar-refractivity contribution < 1.29 is 13.2 Å². The minimum Gasteiger partial charge on any atom is -0.260 e. The first-order chi connectivity index (χ1) is 7.48. The first kappa shape index (κ1) is 13.0. The maximum atomic E-state index is 12.6. The van der Waals surface area contributed by atoms with Crippen LogP contribution in [0.1, 0.15) is 49.4 Å². The molecule has 0 aliphatic heterocycles. The largest absolute Gasteiger partial charge is 0.418 e. The van der Waals surface area contributed by atoms with Crippen molar-refractivity contribution in [1.82, 2.24) is 4.98 Å². The van der Waals surface area contributed by atoms with Crippen LogP contribution < -0.4 is 0 Å². The molecule has 1 aromatic rings. The number of hydrogen-bond acceptors (Lipinski definition) is 1. The molecule has 1 aliphatic rings. The van der Waals surface area contributed by atoms with Crippen LogP contribution in [0.4, 0.5) is 13.2 Å². The molecule has 0 radical (unpaired) electrons. The van der Waals surface area contributed by atoms with E-state index in [0.717, 1.165) is 12.8 Å². The molecule has 0 saturated heterocycles. The van der Waals surface area contributed by atoms with Gasteiger partial charge in [-0.05, 0) is 31.4 Å². The summed E-state index contributed by atoms with van der Waals surface area (Å²) < 4.78 is 37.7. The fourth-order valence-electron chi connectivity index (χ4n) is 1.49. The van der Waals surface area contributed by atoms with Crippen LogP contribution in [0.15, 0.2) is 12.3 Å². The molecule has 4 heteroatoms. The van der Waals surface area contributed by atoms with Gasteiger partial charge in [0.1, 0.15) is 0 Å². The second kappa shape index (κ2) is 4.85. The van der Waals surface area contributed by atoms with Crippen molar-refractivity contribution in [2.75, 3.05) is 0 Å². The van der Waals surface area contributed by atoms with Crippen molar-refractivity contribution in [3.63, 3.8) is 0 Å². The number of rotatable bonds is 1. The van der Waals surface area contributed by atoms with Crippen LogP contribution in [0.5, 0.6) is 0 Å². The Morgan fingerprint density at radius 1 is 1.25 bits per heavy atom. The highest BCUT2D eigenvalue weighted by Gasteiger charge is 2.39. The topological polar surface area (TPSA) is 12.9 Å². The van der Waals surface area contributed by atoms with E-state index in [4.69, 9.17) is 0 Å². The van der Waals surface area contributed by atoms with E-state index in [2.05, 4.69) is 4.98 Å². The van der Waals surface area contributed by atoms with Crippen LogP contribution in [0.25, 0.3) is 0 Å². The average Bonchev–Trinajstić information content (AvgIpc) is 3.03. The number of halogens is 3. The fourth-order valence-corrected chi connectivity index (χ4v) is 1.49. The van der Waals surface area contributed by atoms with Crippen molar-refractivity contribution in [2.45, 2.75) is 45.7 Å². The summed E-state index contributed by atoms with van der Waals surface area (Å²) in [5, 5.41) is 0. The van der Waals surface area contributed by atoms with Crippen molar-refractivity contribution in [3.8, 4) is 0 Å². The molecular weight excluding hydrogens is 215 g/mol. The molecule has 16 heavy (non-hydrogen) atoms. The third-order valence-corrected chi connectivity index (χ3v) is 2.32. The summed E-state index contributed by atoms with van der Waals surface area (Å²) in [4.78, 5) is 3.89. The highest BCUT2D eigenvalue weighted by Crippen LogP contribution is 2.44. The molecule has 0 amide bonds. The van der Waals surface area contributed by atoms with Crippen molar-refractivity contribution in [1.29, 1.82) is 0 Å². The molecule has 0 N–H and O–H groups in total. The van der Waals surface area contributed by atoms with Crippen molar-refractivity contribution in [3.05, 3.63) is 29.1 Å². The minimum atomic E-state index is -4.27. The van der Waals surface area contributed by atoms with Gasteiger partial charge in [-0.25, -0.2) is 0 Å². The zero-order valence-electron chi connectivity index (χ0n) is 9.73. The molecule has 1 aliphatic carbocycles. The maximum absolute atomic E-state index is 12.6. The third-order valence-electron chi connectivity index (χ3n) is 2.32. The summed E-state index contributed by atoms with van der Waals surface area (Å²) in [7, 11) is 0. The summed E-state index contributed by atoms with van der Waals surface area (Å²) in [6.07, 6.45) is -1.10. The Morgan fingerprint density at radius 3 is 2.25 bits per heavy atom. The first-order valence-electron chi connectivity index (χ1n) is 5.52. The molecule has 1 fully saturated rings. The van der Waals surface area contributed by atoms with Gasteiger partial charge in [0, 0.05) is 12.1 Å². The Bertz CT molecular complexity index is 354. The van der Waals surface area contributed by atoms with E-state index >= 15 is 0 Å². The molecule has 0 atom stereocenters. The third kappa shape index (κ3) is 2.97. The molecule has 1 heterocycles. The van der Waals surface area contributed by atoms with Crippen LogP contribution in [0.2, 0.25) is 0 Å². The lowest BCUT2D eigenvalue weighted by Gasteiger charge is -2.11. The van der Waals surface area contributed by atoms with Crippen LogP contribution in [0.3, 0.4) is 0 Å². The molecule has 0 aromatic carbocycles. The standard InChI is InChI=1S/C10H10F3N.C2H6/c1-6-4-8(10(11,12)13)9(14-5-6)7-2-3-7;1-2/h4-5,7H,2-3H2,1H3;1-2H3. The second-order valence-electron chi connectivity index (χ2n) is 3.72. The van der Waals surface area contributed by atoms with Crippen molar-refractivity contribution in [2.24, 2.45) is 0 Å². The van der Waals surface area contributed by atoms with Crippen LogP contribution >= 0.6 is 0 Å². The molecule has 1 aromatic heterocycles. The van der Waals surface area contributed by atoms with E-state index in [1.807, 2.05) is 13.8 Å². The molecule has 0 unspecified atom stereocenters. The summed E-state index contributed by atoms with van der Waals surface area (Å²) in [5.74, 6) is 0.0345. The summed E-state index contributed by atoms with van der Waals surface area (Å²) >= 11 is 0. The molecule has 0 spiro atoms. The fraction of sp³-hybridized carbons (Fsp3) is 0.583. The average molecular weight is 231 g/mol. The van der Waals surface area contributed by atoms with Gasteiger partial charge < -0.3 is 0 Å². The Kier molecular flexibility index (Phi) is 3.94. The zero-order valence-corrected chi connectivity index (χ0v) is 9.73. The minimum absolute atomic E-state index is 0.0345. The molecule has 0 bridgehead atoms. The van der Waals surface area contributed by atoms with E-state index in [-0.39, 0.29) is 11.6 Å². The smallest absolute Gasteiger partial charge is 0.260 e. The Balaban J connectivity index is 0.000000606. The zero-order chi connectivity index (χ0) is 12.3. The van der Waals surface area contributed by atoms with Crippen LogP contribution in [-0.2, 0) is 6.18 Å². The summed E-state index contributed by atoms with van der Waals surface area (Å²) in [6.45, 7) is 5.62. The number of hydrogen-bond donors (Lipinski definition) is 0. The van der Waals surface area contributed by atoms with E-state index in [0.29, 0.717) is 5.56 Å². The van der Waals surface area contributed by atoms with Gasteiger partial charge in [-0.3, -0.25) is 4.98 Å². The number of pyridine rings is 1. The Labute approximate surface area is 93.7 Å². The lowest BCUT2D eigenvalue weighted by atomic mass is 10.1. The normalized spacial score (nSPS) is 15.4. The summed E-state index contributed by atoms with van der Waals surface area (Å²) in [6, 6.07) is 1.18. The molecule has 1 saturated carbocycles. The van der Waals surface area contributed by atoms with Gasteiger partial charge in [0.25, 0.3) is 0 Å². The molecule has 2 rings (SSSR count). The first-order valence-corrected chi connectivity index (χ1v) is 5.52. The van der Waals surface area contributed by atoms with E-state index in [9.17, 15) is 13.2 Å². The number of aromatic nitrogens is 1. The Hall–Kier alpha value is -1.06. The monoisotopic (exact) mass is 231 g/mol. The van der Waals surface area contributed by atoms with Gasteiger partial charge in [-0.15, -0.1) is 0 Å².